The van der Waals surface area contributed by atoms with Gasteiger partial charge in [0.1, 0.15) is 0 Å². The second kappa shape index (κ2) is 3.51. The highest BCUT2D eigenvalue weighted by Crippen LogP contribution is 2.43. The summed E-state index contributed by atoms with van der Waals surface area (Å²) < 4.78 is 11.1. The maximum Gasteiger partial charge on any atom is 0.214 e. The second-order valence-electron chi connectivity index (χ2n) is 2.92. The Morgan fingerprint density at radius 2 is 1.90 bits per heavy atom. The van der Waals surface area contributed by atoms with E-state index in [1.54, 1.807) is 7.05 Å². The molecule has 0 fully saturated rings. The monoisotopic (exact) mass is 165 g/mol. The molecule has 1 unspecified atom stereocenters. The van der Waals surface area contributed by atoms with Crippen molar-refractivity contribution in [2.45, 2.75) is 19.6 Å². The van der Waals surface area contributed by atoms with E-state index in [-0.39, 0.29) is 11.7 Å². The van der Waals surface area contributed by atoms with Crippen LogP contribution in [0.5, 0.6) is 0 Å². The van der Waals surface area contributed by atoms with E-state index in [1.807, 2.05) is 13.8 Å². The molecule has 10 heavy (non-hydrogen) atoms. The minimum atomic E-state index is -2.94. The largest absolute Gasteiger partial charge is 0.343 e. The van der Waals surface area contributed by atoms with Gasteiger partial charge in [0.05, 0.1) is 5.78 Å². The zero-order valence-corrected chi connectivity index (χ0v) is 7.85. The van der Waals surface area contributed by atoms with Crippen molar-refractivity contribution in [1.29, 1.82) is 0 Å². The van der Waals surface area contributed by atoms with E-state index in [0.717, 1.165) is 0 Å². The van der Waals surface area contributed by atoms with Gasteiger partial charge in [-0.05, 0) is 13.0 Å². The molecule has 0 aliphatic rings. The molecule has 0 saturated heterocycles. The van der Waals surface area contributed by atoms with Crippen LogP contribution in [-0.4, -0.2) is 24.4 Å². The normalized spacial score (nSPS) is 20.6. The minimum absolute atomic E-state index is 0.200. The summed E-state index contributed by atoms with van der Waals surface area (Å²) in [5, 5.41) is 2.83. The van der Waals surface area contributed by atoms with Crippen molar-refractivity contribution in [3.05, 3.63) is 0 Å². The number of nitrogens with one attached hydrogen (secondary N) is 1. The molecule has 0 rings (SSSR count). The Morgan fingerprint density at radius 3 is 1.90 bits per heavy atom. The van der Waals surface area contributed by atoms with Gasteiger partial charge >= 0.3 is 0 Å². The van der Waals surface area contributed by atoms with Crippen LogP contribution < -0.4 is 5.32 Å². The molecule has 2 N–H and O–H groups in total. The van der Waals surface area contributed by atoms with Crippen molar-refractivity contribution in [2.75, 3.05) is 13.7 Å². The highest BCUT2D eigenvalue weighted by atomic mass is 31.2. The molecule has 0 aromatic rings. The summed E-state index contributed by atoms with van der Waals surface area (Å²) in [7, 11) is -1.24. The lowest BCUT2D eigenvalue weighted by Crippen LogP contribution is -2.30. The topological polar surface area (TPSA) is 49.3 Å². The number of hydrogen-bond donors (Lipinski definition) is 2. The van der Waals surface area contributed by atoms with Crippen LogP contribution in [0.25, 0.3) is 0 Å². The highest BCUT2D eigenvalue weighted by Gasteiger charge is 2.26. The van der Waals surface area contributed by atoms with Gasteiger partial charge in [0, 0.05) is 6.66 Å². The first-order valence-corrected chi connectivity index (χ1v) is 5.54. The van der Waals surface area contributed by atoms with Gasteiger partial charge in [-0.2, -0.15) is 0 Å². The van der Waals surface area contributed by atoms with Crippen molar-refractivity contribution in [3.63, 3.8) is 0 Å². The summed E-state index contributed by atoms with van der Waals surface area (Å²) in [5.74, 6) is -0.0710. The summed E-state index contributed by atoms with van der Waals surface area (Å²) in [6.07, 6.45) is 0. The van der Waals surface area contributed by atoms with E-state index >= 15 is 0 Å². The van der Waals surface area contributed by atoms with E-state index in [4.69, 9.17) is 4.89 Å². The number of rotatable bonds is 3. The lowest BCUT2D eigenvalue weighted by Gasteiger charge is -2.22. The molecular formula is C6H16NO2P. The molecule has 0 radical (unpaired) electrons. The fraction of sp³-hybridized carbons (Fsp3) is 1.00. The summed E-state index contributed by atoms with van der Waals surface area (Å²) >= 11 is 0. The van der Waals surface area contributed by atoms with Gasteiger partial charge in [-0.25, -0.2) is 0 Å². The predicted octanol–water partition coefficient (Wildman–Crippen LogP) is 1.09. The summed E-state index contributed by atoms with van der Waals surface area (Å²) in [5.41, 5.74) is 0. The van der Waals surface area contributed by atoms with Gasteiger partial charge in [-0.15, -0.1) is 0 Å². The standard InChI is InChI=1S/C6H16NO2P/c1-5(2)6(7-3)10(4,8)9/h5-7H,1-4H3,(H,8,9)/t6-/m0/s1. The Balaban J connectivity index is 4.22. The Labute approximate surface area is 62.3 Å². The third-order valence-electron chi connectivity index (χ3n) is 1.44. The van der Waals surface area contributed by atoms with Crippen LogP contribution in [0.15, 0.2) is 0 Å². The quantitative estimate of drug-likeness (QED) is 0.615. The molecule has 0 bridgehead atoms. The lowest BCUT2D eigenvalue weighted by atomic mass is 10.2. The van der Waals surface area contributed by atoms with Crippen LogP contribution >= 0.6 is 7.37 Å². The lowest BCUT2D eigenvalue weighted by molar-refractivity contribution is 0.425. The average Bonchev–Trinajstić information content (AvgIpc) is 1.60. The van der Waals surface area contributed by atoms with Crippen LogP contribution in [0.1, 0.15) is 13.8 Å². The zero-order chi connectivity index (χ0) is 8.36. The maximum absolute atomic E-state index is 11.1. The second-order valence-corrected chi connectivity index (χ2v) is 5.36. The smallest absolute Gasteiger partial charge is 0.214 e. The highest BCUT2D eigenvalue weighted by molar-refractivity contribution is 7.57. The summed E-state index contributed by atoms with van der Waals surface area (Å²) in [6, 6.07) is 0. The van der Waals surface area contributed by atoms with E-state index in [0.29, 0.717) is 0 Å². The molecule has 3 nitrogen and oxygen atoms in total. The van der Waals surface area contributed by atoms with Crippen LogP contribution in [0.2, 0.25) is 0 Å². The molecule has 0 aliphatic heterocycles. The van der Waals surface area contributed by atoms with Gasteiger partial charge in [0.2, 0.25) is 7.37 Å². The minimum Gasteiger partial charge on any atom is -0.343 e. The first-order valence-electron chi connectivity index (χ1n) is 3.36. The fourth-order valence-corrected chi connectivity index (χ4v) is 2.71. The maximum atomic E-state index is 11.1. The molecule has 0 heterocycles. The molecule has 0 aliphatic carbocycles. The van der Waals surface area contributed by atoms with Crippen molar-refractivity contribution < 1.29 is 9.46 Å². The van der Waals surface area contributed by atoms with Crippen molar-refractivity contribution >= 4 is 7.37 Å². The van der Waals surface area contributed by atoms with Crippen LogP contribution in [0.3, 0.4) is 0 Å². The third kappa shape index (κ3) is 2.82. The van der Waals surface area contributed by atoms with E-state index in [1.165, 1.54) is 6.66 Å². The molecule has 2 atom stereocenters. The van der Waals surface area contributed by atoms with Gasteiger partial charge in [-0.3, -0.25) is 4.57 Å². The molecule has 0 amide bonds. The summed E-state index contributed by atoms with van der Waals surface area (Å²) in [4.78, 5) is 9.14. The van der Waals surface area contributed by atoms with Crippen LogP contribution in [-0.2, 0) is 4.57 Å². The van der Waals surface area contributed by atoms with Crippen LogP contribution in [0, 0.1) is 5.92 Å². The van der Waals surface area contributed by atoms with E-state index < -0.39 is 7.37 Å². The first-order chi connectivity index (χ1) is 4.39. The SMILES string of the molecule is CN[C@H](C(C)C)P(C)(=O)O. The van der Waals surface area contributed by atoms with E-state index in [9.17, 15) is 4.57 Å². The Hall–Kier alpha value is 0.150. The summed E-state index contributed by atoms with van der Waals surface area (Å²) in [6.45, 7) is 5.23. The first kappa shape index (κ1) is 10.2. The molecule has 0 aromatic heterocycles. The molecule has 62 valence electrons. The van der Waals surface area contributed by atoms with Crippen LogP contribution in [0.4, 0.5) is 0 Å². The number of hydrogen-bond acceptors (Lipinski definition) is 2. The third-order valence-corrected chi connectivity index (χ3v) is 3.33. The van der Waals surface area contributed by atoms with Gasteiger partial charge in [-0.1, -0.05) is 13.8 Å². The van der Waals surface area contributed by atoms with Crippen molar-refractivity contribution in [2.24, 2.45) is 5.92 Å². The van der Waals surface area contributed by atoms with Crippen molar-refractivity contribution in [3.8, 4) is 0 Å². The van der Waals surface area contributed by atoms with E-state index in [2.05, 4.69) is 5.32 Å². The zero-order valence-electron chi connectivity index (χ0n) is 6.96. The fourth-order valence-electron chi connectivity index (χ4n) is 1.13. The van der Waals surface area contributed by atoms with Gasteiger partial charge in [0.15, 0.2) is 0 Å². The molecular weight excluding hydrogens is 149 g/mol. The molecule has 0 saturated carbocycles. The molecule has 4 heteroatoms. The predicted molar refractivity (Wildman–Crippen MR) is 43.4 cm³/mol. The molecule has 0 spiro atoms. The Kier molecular flexibility index (Phi) is 3.57. The van der Waals surface area contributed by atoms with Gasteiger partial charge in [0.25, 0.3) is 0 Å². The Morgan fingerprint density at radius 1 is 1.50 bits per heavy atom. The van der Waals surface area contributed by atoms with Gasteiger partial charge < -0.3 is 10.2 Å². The average molecular weight is 165 g/mol. The molecule has 0 aromatic carbocycles. The van der Waals surface area contributed by atoms with Crippen molar-refractivity contribution in [1.82, 2.24) is 5.32 Å². The Bertz CT molecular complexity index is 141.